The number of piperidine rings is 1. The smallest absolute Gasteiger partial charge is 0.246 e. The summed E-state index contributed by atoms with van der Waals surface area (Å²) < 4.78 is 5.25. The minimum absolute atomic E-state index is 0.0188. The van der Waals surface area contributed by atoms with Crippen molar-refractivity contribution in [1.82, 2.24) is 4.90 Å². The highest BCUT2D eigenvalue weighted by molar-refractivity contribution is 5.92. The maximum absolute atomic E-state index is 12.1. The SMILES string of the molecule is COc1ccccc1/C=C/C(=O)N1CCC(O)C(C)C1. The molecule has 0 saturated carbocycles. The van der Waals surface area contributed by atoms with Gasteiger partial charge in [-0.25, -0.2) is 0 Å². The molecule has 1 aliphatic heterocycles. The van der Waals surface area contributed by atoms with E-state index in [0.29, 0.717) is 19.5 Å². The van der Waals surface area contributed by atoms with Crippen LogP contribution in [0.3, 0.4) is 0 Å². The zero-order chi connectivity index (χ0) is 14.5. The minimum Gasteiger partial charge on any atom is -0.496 e. The number of rotatable bonds is 3. The van der Waals surface area contributed by atoms with Crippen molar-refractivity contribution in [3.8, 4) is 5.75 Å². The number of ether oxygens (including phenoxy) is 1. The Kier molecular flexibility index (Phi) is 4.79. The molecule has 0 aliphatic carbocycles. The summed E-state index contributed by atoms with van der Waals surface area (Å²) in [6.07, 6.45) is 3.70. The van der Waals surface area contributed by atoms with Crippen LogP contribution >= 0.6 is 0 Å². The summed E-state index contributed by atoms with van der Waals surface area (Å²) in [7, 11) is 1.61. The zero-order valence-corrected chi connectivity index (χ0v) is 12.0. The summed E-state index contributed by atoms with van der Waals surface area (Å²) >= 11 is 0. The lowest BCUT2D eigenvalue weighted by Crippen LogP contribution is -2.44. The van der Waals surface area contributed by atoms with Gasteiger partial charge in [-0.1, -0.05) is 25.1 Å². The highest BCUT2D eigenvalue weighted by Gasteiger charge is 2.25. The third-order valence-corrected chi connectivity index (χ3v) is 3.72. The Morgan fingerprint density at radius 1 is 1.45 bits per heavy atom. The third kappa shape index (κ3) is 3.39. The van der Waals surface area contributed by atoms with Gasteiger partial charge in [0.05, 0.1) is 13.2 Å². The number of likely N-dealkylation sites (tertiary alicyclic amines) is 1. The predicted molar refractivity (Wildman–Crippen MR) is 78.4 cm³/mol. The number of carbonyl (C=O) groups excluding carboxylic acids is 1. The number of benzene rings is 1. The van der Waals surface area contributed by atoms with E-state index in [0.717, 1.165) is 11.3 Å². The van der Waals surface area contributed by atoms with E-state index in [1.807, 2.05) is 31.2 Å². The van der Waals surface area contributed by atoms with Crippen LogP contribution in [0.4, 0.5) is 0 Å². The second kappa shape index (κ2) is 6.57. The van der Waals surface area contributed by atoms with Crippen LogP contribution in [-0.2, 0) is 4.79 Å². The standard InChI is InChI=1S/C16H21NO3/c1-12-11-17(10-9-14(12)18)16(19)8-7-13-5-3-4-6-15(13)20-2/h3-8,12,14,18H,9-11H2,1-2H3/b8-7+. The van der Waals surface area contributed by atoms with Crippen molar-refractivity contribution in [2.45, 2.75) is 19.4 Å². The number of amides is 1. The molecule has 0 aromatic heterocycles. The van der Waals surface area contributed by atoms with Gasteiger partial charge in [-0.05, 0) is 24.5 Å². The molecule has 2 rings (SSSR count). The average Bonchev–Trinajstić information content (AvgIpc) is 2.47. The minimum atomic E-state index is -0.294. The third-order valence-electron chi connectivity index (χ3n) is 3.72. The number of carbonyl (C=O) groups is 1. The Morgan fingerprint density at radius 2 is 2.20 bits per heavy atom. The van der Waals surface area contributed by atoms with Gasteiger partial charge < -0.3 is 14.7 Å². The second-order valence-corrected chi connectivity index (χ2v) is 5.19. The van der Waals surface area contributed by atoms with E-state index in [4.69, 9.17) is 4.74 Å². The molecule has 1 saturated heterocycles. The van der Waals surface area contributed by atoms with Gasteiger partial charge in [0.25, 0.3) is 0 Å². The highest BCUT2D eigenvalue weighted by Crippen LogP contribution is 2.20. The lowest BCUT2D eigenvalue weighted by molar-refractivity contribution is -0.129. The molecule has 0 bridgehead atoms. The van der Waals surface area contributed by atoms with Gasteiger partial charge in [-0.2, -0.15) is 0 Å². The Hall–Kier alpha value is -1.81. The van der Waals surface area contributed by atoms with Crippen molar-refractivity contribution in [2.24, 2.45) is 5.92 Å². The number of aliphatic hydroxyl groups is 1. The van der Waals surface area contributed by atoms with E-state index in [1.54, 1.807) is 24.2 Å². The average molecular weight is 275 g/mol. The molecular weight excluding hydrogens is 254 g/mol. The first kappa shape index (κ1) is 14.6. The molecule has 0 spiro atoms. The van der Waals surface area contributed by atoms with E-state index in [1.165, 1.54) is 0 Å². The van der Waals surface area contributed by atoms with Crippen LogP contribution < -0.4 is 4.74 Å². The number of para-hydroxylation sites is 1. The number of methoxy groups -OCH3 is 1. The van der Waals surface area contributed by atoms with Crippen LogP contribution in [0.25, 0.3) is 6.08 Å². The molecule has 1 aromatic rings. The first-order chi connectivity index (χ1) is 9.61. The molecule has 4 nitrogen and oxygen atoms in total. The van der Waals surface area contributed by atoms with Crippen LogP contribution in [0.2, 0.25) is 0 Å². The molecular formula is C16H21NO3. The number of hydrogen-bond donors (Lipinski definition) is 1. The van der Waals surface area contributed by atoms with Crippen LogP contribution in [0.15, 0.2) is 30.3 Å². The van der Waals surface area contributed by atoms with Crippen molar-refractivity contribution in [1.29, 1.82) is 0 Å². The van der Waals surface area contributed by atoms with Gasteiger partial charge in [0, 0.05) is 24.7 Å². The largest absolute Gasteiger partial charge is 0.496 e. The summed E-state index contributed by atoms with van der Waals surface area (Å²) in [6, 6.07) is 7.58. The molecule has 20 heavy (non-hydrogen) atoms. The van der Waals surface area contributed by atoms with Gasteiger partial charge in [0.15, 0.2) is 0 Å². The van der Waals surface area contributed by atoms with Crippen molar-refractivity contribution in [3.63, 3.8) is 0 Å². The maximum atomic E-state index is 12.1. The van der Waals surface area contributed by atoms with Crippen molar-refractivity contribution in [2.75, 3.05) is 20.2 Å². The molecule has 108 valence electrons. The van der Waals surface area contributed by atoms with Gasteiger partial charge in [-0.15, -0.1) is 0 Å². The molecule has 1 fully saturated rings. The van der Waals surface area contributed by atoms with E-state index in [9.17, 15) is 9.90 Å². The van der Waals surface area contributed by atoms with E-state index in [2.05, 4.69) is 0 Å². The van der Waals surface area contributed by atoms with Gasteiger partial charge >= 0.3 is 0 Å². The van der Waals surface area contributed by atoms with E-state index < -0.39 is 0 Å². The topological polar surface area (TPSA) is 49.8 Å². The van der Waals surface area contributed by atoms with E-state index >= 15 is 0 Å². The fourth-order valence-electron chi connectivity index (χ4n) is 2.40. The number of aliphatic hydroxyl groups excluding tert-OH is 1. The lowest BCUT2D eigenvalue weighted by atomic mass is 9.97. The lowest BCUT2D eigenvalue weighted by Gasteiger charge is -2.33. The van der Waals surface area contributed by atoms with Gasteiger partial charge in [0.2, 0.25) is 5.91 Å². The summed E-state index contributed by atoms with van der Waals surface area (Å²) in [5, 5.41) is 9.68. The molecule has 2 atom stereocenters. The Morgan fingerprint density at radius 3 is 2.90 bits per heavy atom. The molecule has 1 N–H and O–H groups in total. The van der Waals surface area contributed by atoms with Crippen molar-refractivity contribution < 1.29 is 14.6 Å². The van der Waals surface area contributed by atoms with Crippen molar-refractivity contribution in [3.05, 3.63) is 35.9 Å². The summed E-state index contributed by atoms with van der Waals surface area (Å²) in [5.41, 5.74) is 0.883. The van der Waals surface area contributed by atoms with Crippen molar-refractivity contribution >= 4 is 12.0 Å². The summed E-state index contributed by atoms with van der Waals surface area (Å²) in [5.74, 6) is 0.862. The highest BCUT2D eigenvalue weighted by atomic mass is 16.5. The molecule has 1 amide bonds. The zero-order valence-electron chi connectivity index (χ0n) is 12.0. The first-order valence-corrected chi connectivity index (χ1v) is 6.90. The molecule has 2 unspecified atom stereocenters. The molecule has 1 heterocycles. The predicted octanol–water partition coefficient (Wildman–Crippen LogP) is 1.94. The van der Waals surface area contributed by atoms with E-state index in [-0.39, 0.29) is 17.9 Å². The number of nitrogens with zero attached hydrogens (tertiary/aromatic N) is 1. The summed E-state index contributed by atoms with van der Waals surface area (Å²) in [6.45, 7) is 3.19. The molecule has 0 radical (unpaired) electrons. The van der Waals surface area contributed by atoms with Crippen LogP contribution in [0.1, 0.15) is 18.9 Å². The van der Waals surface area contributed by atoms with Crippen LogP contribution in [0.5, 0.6) is 5.75 Å². The Labute approximate surface area is 119 Å². The first-order valence-electron chi connectivity index (χ1n) is 6.90. The van der Waals surface area contributed by atoms with Gasteiger partial charge in [-0.3, -0.25) is 4.79 Å². The van der Waals surface area contributed by atoms with Crippen LogP contribution in [-0.4, -0.2) is 42.2 Å². The molecule has 4 heteroatoms. The molecule has 1 aromatic carbocycles. The Balaban J connectivity index is 2.02. The maximum Gasteiger partial charge on any atom is 0.246 e. The van der Waals surface area contributed by atoms with Gasteiger partial charge in [0.1, 0.15) is 5.75 Å². The van der Waals surface area contributed by atoms with Crippen LogP contribution in [0, 0.1) is 5.92 Å². The fourth-order valence-corrected chi connectivity index (χ4v) is 2.40. The molecule has 1 aliphatic rings. The monoisotopic (exact) mass is 275 g/mol. The number of hydrogen-bond acceptors (Lipinski definition) is 3. The summed E-state index contributed by atoms with van der Waals surface area (Å²) in [4.78, 5) is 13.9. The quantitative estimate of drug-likeness (QED) is 0.858. The second-order valence-electron chi connectivity index (χ2n) is 5.19. The Bertz CT molecular complexity index is 498. The fraction of sp³-hybridized carbons (Fsp3) is 0.438. The normalized spacial score (nSPS) is 23.1.